The van der Waals surface area contributed by atoms with Crippen molar-refractivity contribution in [2.24, 2.45) is 5.73 Å². The van der Waals surface area contributed by atoms with Crippen LogP contribution in [0.4, 0.5) is 5.82 Å². The van der Waals surface area contributed by atoms with Crippen LogP contribution in [-0.4, -0.2) is 40.1 Å². The molecule has 2 aromatic rings. The lowest BCUT2D eigenvalue weighted by molar-refractivity contribution is -0.139. The second kappa shape index (κ2) is 6.04. The SMILES string of the molecule is COc1ccc2c(NC(CC(N)=O)C(=O)O)ncnc2c1. The van der Waals surface area contributed by atoms with E-state index in [1.807, 2.05) is 0 Å². The Kier molecular flexibility index (Phi) is 4.17. The van der Waals surface area contributed by atoms with E-state index in [4.69, 9.17) is 15.6 Å². The molecule has 1 heterocycles. The Morgan fingerprint density at radius 3 is 2.81 bits per heavy atom. The van der Waals surface area contributed by atoms with Crippen LogP contribution in [0.5, 0.6) is 5.75 Å². The first kappa shape index (κ1) is 14.5. The number of anilines is 1. The van der Waals surface area contributed by atoms with Crippen LogP contribution < -0.4 is 15.8 Å². The van der Waals surface area contributed by atoms with Gasteiger partial charge in [0.15, 0.2) is 0 Å². The molecule has 0 saturated carbocycles. The fraction of sp³-hybridized carbons (Fsp3) is 0.231. The lowest BCUT2D eigenvalue weighted by atomic mass is 10.1. The molecular weight excluding hydrogens is 276 g/mol. The predicted octanol–water partition coefficient (Wildman–Crippen LogP) is 0.379. The molecule has 1 unspecified atom stereocenters. The summed E-state index contributed by atoms with van der Waals surface area (Å²) in [5.74, 6) is -0.959. The highest BCUT2D eigenvalue weighted by molar-refractivity contribution is 5.92. The number of amides is 1. The molecule has 0 bridgehead atoms. The number of benzene rings is 1. The number of nitrogens with one attached hydrogen (secondary N) is 1. The quantitative estimate of drug-likeness (QED) is 0.701. The molecule has 1 aromatic carbocycles. The van der Waals surface area contributed by atoms with Crippen molar-refractivity contribution in [1.82, 2.24) is 9.97 Å². The van der Waals surface area contributed by atoms with Crippen LogP contribution in [0.25, 0.3) is 10.9 Å². The Morgan fingerprint density at radius 1 is 1.43 bits per heavy atom. The van der Waals surface area contributed by atoms with Crippen molar-refractivity contribution in [2.75, 3.05) is 12.4 Å². The molecule has 110 valence electrons. The third-order valence-corrected chi connectivity index (χ3v) is 2.86. The molecule has 1 aromatic heterocycles. The largest absolute Gasteiger partial charge is 0.497 e. The van der Waals surface area contributed by atoms with Gasteiger partial charge < -0.3 is 20.9 Å². The minimum absolute atomic E-state index is 0.316. The van der Waals surface area contributed by atoms with E-state index < -0.39 is 17.9 Å². The molecule has 1 atom stereocenters. The molecular formula is C13H14N4O4. The number of fused-ring (bicyclic) bond motifs is 1. The van der Waals surface area contributed by atoms with Gasteiger partial charge in [-0.1, -0.05) is 0 Å². The van der Waals surface area contributed by atoms with E-state index in [2.05, 4.69) is 15.3 Å². The van der Waals surface area contributed by atoms with Crippen LogP contribution in [0.15, 0.2) is 24.5 Å². The number of ether oxygens (including phenoxy) is 1. The number of carboxylic acid groups (broad SMARTS) is 1. The Balaban J connectivity index is 2.37. The summed E-state index contributed by atoms with van der Waals surface area (Å²) >= 11 is 0. The molecule has 0 spiro atoms. The first-order valence-electron chi connectivity index (χ1n) is 6.07. The summed E-state index contributed by atoms with van der Waals surface area (Å²) in [5, 5.41) is 12.4. The number of hydrogen-bond donors (Lipinski definition) is 3. The lowest BCUT2D eigenvalue weighted by Crippen LogP contribution is -2.34. The smallest absolute Gasteiger partial charge is 0.326 e. The van der Waals surface area contributed by atoms with Gasteiger partial charge in [0.05, 0.1) is 19.0 Å². The summed E-state index contributed by atoms with van der Waals surface area (Å²) in [6.07, 6.45) is 0.963. The van der Waals surface area contributed by atoms with E-state index in [9.17, 15) is 9.59 Å². The molecule has 2 rings (SSSR count). The maximum absolute atomic E-state index is 11.1. The van der Waals surface area contributed by atoms with Crippen LogP contribution in [0.1, 0.15) is 6.42 Å². The Morgan fingerprint density at radius 2 is 2.19 bits per heavy atom. The third kappa shape index (κ3) is 3.35. The second-order valence-corrected chi connectivity index (χ2v) is 4.31. The van der Waals surface area contributed by atoms with Gasteiger partial charge in [0.2, 0.25) is 5.91 Å². The van der Waals surface area contributed by atoms with Crippen LogP contribution >= 0.6 is 0 Å². The summed E-state index contributed by atoms with van der Waals surface area (Å²) in [4.78, 5) is 30.2. The summed E-state index contributed by atoms with van der Waals surface area (Å²) in [6, 6.07) is 3.97. The van der Waals surface area contributed by atoms with Gasteiger partial charge in [0.25, 0.3) is 0 Å². The maximum Gasteiger partial charge on any atom is 0.326 e. The number of carboxylic acids is 1. The molecule has 8 nitrogen and oxygen atoms in total. The van der Waals surface area contributed by atoms with Gasteiger partial charge in [-0.2, -0.15) is 0 Å². The zero-order chi connectivity index (χ0) is 15.4. The molecule has 4 N–H and O–H groups in total. The Labute approximate surface area is 119 Å². The van der Waals surface area contributed by atoms with Gasteiger partial charge in [0.1, 0.15) is 23.9 Å². The second-order valence-electron chi connectivity index (χ2n) is 4.31. The van der Waals surface area contributed by atoms with Gasteiger partial charge in [-0.3, -0.25) is 4.79 Å². The predicted molar refractivity (Wildman–Crippen MR) is 74.9 cm³/mol. The maximum atomic E-state index is 11.1. The number of primary amides is 1. The van der Waals surface area contributed by atoms with Gasteiger partial charge in [-0.05, 0) is 12.1 Å². The van der Waals surface area contributed by atoms with Gasteiger partial charge >= 0.3 is 5.97 Å². The fourth-order valence-electron chi connectivity index (χ4n) is 1.85. The highest BCUT2D eigenvalue weighted by Crippen LogP contribution is 2.24. The van der Waals surface area contributed by atoms with Crippen LogP contribution in [-0.2, 0) is 9.59 Å². The number of carbonyl (C=O) groups excluding carboxylic acids is 1. The van der Waals surface area contributed by atoms with Crippen molar-refractivity contribution in [1.29, 1.82) is 0 Å². The van der Waals surface area contributed by atoms with E-state index in [1.165, 1.54) is 13.4 Å². The average molecular weight is 290 g/mol. The summed E-state index contributed by atoms with van der Waals surface area (Å²) in [7, 11) is 1.54. The summed E-state index contributed by atoms with van der Waals surface area (Å²) < 4.78 is 5.10. The number of nitrogens with two attached hydrogens (primary N) is 1. The van der Waals surface area contributed by atoms with E-state index in [1.54, 1.807) is 18.2 Å². The molecule has 21 heavy (non-hydrogen) atoms. The number of aromatic nitrogens is 2. The van der Waals surface area contributed by atoms with Crippen molar-refractivity contribution in [3.05, 3.63) is 24.5 Å². The Hall–Kier alpha value is -2.90. The molecule has 0 fully saturated rings. The topological polar surface area (TPSA) is 127 Å². The van der Waals surface area contributed by atoms with E-state index in [0.29, 0.717) is 22.5 Å². The highest BCUT2D eigenvalue weighted by Gasteiger charge is 2.21. The van der Waals surface area contributed by atoms with E-state index in [0.717, 1.165) is 0 Å². The molecule has 0 aliphatic rings. The van der Waals surface area contributed by atoms with Crippen LogP contribution in [0, 0.1) is 0 Å². The number of aliphatic carboxylic acids is 1. The third-order valence-electron chi connectivity index (χ3n) is 2.86. The van der Waals surface area contributed by atoms with E-state index in [-0.39, 0.29) is 6.42 Å². The summed E-state index contributed by atoms with van der Waals surface area (Å²) in [6.45, 7) is 0. The van der Waals surface area contributed by atoms with Crippen molar-refractivity contribution in [2.45, 2.75) is 12.5 Å². The molecule has 0 aliphatic carbocycles. The number of hydrogen-bond acceptors (Lipinski definition) is 6. The zero-order valence-electron chi connectivity index (χ0n) is 11.2. The van der Waals surface area contributed by atoms with Gasteiger partial charge in [-0.15, -0.1) is 0 Å². The molecule has 0 aliphatic heterocycles. The van der Waals surface area contributed by atoms with Crippen LogP contribution in [0.3, 0.4) is 0 Å². The van der Waals surface area contributed by atoms with Crippen molar-refractivity contribution in [3.8, 4) is 5.75 Å². The highest BCUT2D eigenvalue weighted by atomic mass is 16.5. The van der Waals surface area contributed by atoms with Crippen molar-refractivity contribution < 1.29 is 19.4 Å². The first-order chi connectivity index (χ1) is 10.0. The fourth-order valence-corrected chi connectivity index (χ4v) is 1.85. The van der Waals surface area contributed by atoms with Crippen LogP contribution in [0.2, 0.25) is 0 Å². The lowest BCUT2D eigenvalue weighted by Gasteiger charge is -2.14. The molecule has 0 saturated heterocycles. The van der Waals surface area contributed by atoms with Crippen molar-refractivity contribution in [3.63, 3.8) is 0 Å². The first-order valence-corrected chi connectivity index (χ1v) is 6.07. The van der Waals surface area contributed by atoms with Crippen molar-refractivity contribution >= 4 is 28.6 Å². The number of carbonyl (C=O) groups is 2. The minimum atomic E-state index is -1.19. The average Bonchev–Trinajstić information content (AvgIpc) is 2.45. The van der Waals surface area contributed by atoms with Gasteiger partial charge in [0, 0.05) is 11.5 Å². The standard InChI is InChI=1S/C13H14N4O4/c1-21-7-2-3-8-9(4-7)15-6-16-12(8)17-10(13(19)20)5-11(14)18/h2-4,6,10H,5H2,1H3,(H2,14,18)(H,19,20)(H,15,16,17). The van der Waals surface area contributed by atoms with Gasteiger partial charge in [-0.25, -0.2) is 14.8 Å². The monoisotopic (exact) mass is 290 g/mol. The summed E-state index contributed by atoms with van der Waals surface area (Å²) in [5.41, 5.74) is 5.64. The molecule has 8 heteroatoms. The normalized spacial score (nSPS) is 11.9. The molecule has 1 amide bonds. The number of methoxy groups -OCH3 is 1. The number of nitrogens with zero attached hydrogens (tertiary/aromatic N) is 2. The Bertz CT molecular complexity index is 689. The minimum Gasteiger partial charge on any atom is -0.497 e. The number of rotatable bonds is 6. The molecule has 0 radical (unpaired) electrons. The van der Waals surface area contributed by atoms with E-state index >= 15 is 0 Å². The zero-order valence-corrected chi connectivity index (χ0v) is 11.2.